The van der Waals surface area contributed by atoms with Crippen LogP contribution in [0.25, 0.3) is 0 Å². The van der Waals surface area contributed by atoms with Crippen molar-refractivity contribution in [3.8, 4) is 0 Å². The summed E-state index contributed by atoms with van der Waals surface area (Å²) in [5.41, 5.74) is 5.17. The number of carbonyl (C=O) groups excluding carboxylic acids is 1. The highest BCUT2D eigenvalue weighted by atomic mass is 16.6. The summed E-state index contributed by atoms with van der Waals surface area (Å²) >= 11 is 0. The van der Waals surface area contributed by atoms with Gasteiger partial charge in [0.25, 0.3) is 11.6 Å². The van der Waals surface area contributed by atoms with Crippen LogP contribution in [0, 0.1) is 16.0 Å². The van der Waals surface area contributed by atoms with Gasteiger partial charge < -0.3 is 16.2 Å². The maximum Gasteiger partial charge on any atom is 0.303 e. The molecular formula is C12H15N3O5. The molecule has 1 atom stereocenters. The van der Waals surface area contributed by atoms with Gasteiger partial charge in [-0.05, 0) is 18.1 Å². The normalized spacial score (nSPS) is 11.7. The maximum atomic E-state index is 11.8. The molecule has 0 aromatic heterocycles. The average molecular weight is 281 g/mol. The van der Waals surface area contributed by atoms with Crippen LogP contribution in [0.4, 0.5) is 11.4 Å². The van der Waals surface area contributed by atoms with E-state index in [2.05, 4.69) is 5.32 Å². The number of rotatable bonds is 6. The Morgan fingerprint density at radius 1 is 1.50 bits per heavy atom. The fraction of sp³-hybridized carbons (Fsp3) is 0.333. The number of nitro benzene ring substituents is 1. The minimum atomic E-state index is -0.949. The lowest BCUT2D eigenvalue weighted by Gasteiger charge is -2.10. The van der Waals surface area contributed by atoms with Crippen molar-refractivity contribution in [2.75, 3.05) is 12.3 Å². The molecular weight excluding hydrogens is 266 g/mol. The van der Waals surface area contributed by atoms with Crippen molar-refractivity contribution < 1.29 is 19.6 Å². The first-order chi connectivity index (χ1) is 9.31. The number of nitrogens with two attached hydrogens (primary N) is 1. The highest BCUT2D eigenvalue weighted by Crippen LogP contribution is 2.22. The van der Waals surface area contributed by atoms with E-state index >= 15 is 0 Å². The topological polar surface area (TPSA) is 136 Å². The van der Waals surface area contributed by atoms with Crippen molar-refractivity contribution in [3.05, 3.63) is 33.9 Å². The summed E-state index contributed by atoms with van der Waals surface area (Å²) in [6, 6.07) is 3.75. The first-order valence-electron chi connectivity index (χ1n) is 5.85. The summed E-state index contributed by atoms with van der Waals surface area (Å²) < 4.78 is 0. The van der Waals surface area contributed by atoms with E-state index in [1.54, 1.807) is 6.92 Å². The fourth-order valence-corrected chi connectivity index (χ4v) is 1.58. The second-order valence-electron chi connectivity index (χ2n) is 4.44. The van der Waals surface area contributed by atoms with E-state index < -0.39 is 16.8 Å². The average Bonchev–Trinajstić information content (AvgIpc) is 2.35. The second kappa shape index (κ2) is 6.50. The number of nitro groups is 1. The lowest BCUT2D eigenvalue weighted by atomic mass is 10.1. The molecule has 0 aliphatic heterocycles. The molecule has 0 aliphatic rings. The van der Waals surface area contributed by atoms with Gasteiger partial charge in [0.15, 0.2) is 0 Å². The van der Waals surface area contributed by atoms with Crippen molar-refractivity contribution in [1.82, 2.24) is 5.32 Å². The third-order valence-electron chi connectivity index (χ3n) is 2.62. The summed E-state index contributed by atoms with van der Waals surface area (Å²) in [5.74, 6) is -1.69. The molecule has 108 valence electrons. The number of aliphatic carboxylic acids is 1. The predicted molar refractivity (Wildman–Crippen MR) is 71.3 cm³/mol. The lowest BCUT2D eigenvalue weighted by molar-refractivity contribution is -0.383. The zero-order valence-electron chi connectivity index (χ0n) is 10.8. The van der Waals surface area contributed by atoms with E-state index in [1.807, 2.05) is 0 Å². The van der Waals surface area contributed by atoms with Crippen molar-refractivity contribution in [2.45, 2.75) is 13.3 Å². The lowest BCUT2D eigenvalue weighted by Crippen LogP contribution is -2.29. The number of benzene rings is 1. The predicted octanol–water partition coefficient (Wildman–Crippen LogP) is 1.02. The smallest absolute Gasteiger partial charge is 0.303 e. The molecule has 0 aliphatic carbocycles. The van der Waals surface area contributed by atoms with Crippen LogP contribution in [-0.2, 0) is 4.79 Å². The molecule has 1 rings (SSSR count). The molecule has 1 unspecified atom stereocenters. The van der Waals surface area contributed by atoms with Gasteiger partial charge in [-0.25, -0.2) is 0 Å². The summed E-state index contributed by atoms with van der Waals surface area (Å²) in [6.45, 7) is 1.85. The van der Waals surface area contributed by atoms with E-state index in [-0.39, 0.29) is 35.8 Å². The van der Waals surface area contributed by atoms with Crippen LogP contribution < -0.4 is 11.1 Å². The number of hydrogen-bond donors (Lipinski definition) is 3. The standard InChI is InChI=1S/C12H15N3O5/c1-7(4-11(16)17)6-14-12(18)8-2-3-9(13)10(5-8)15(19)20/h2-3,5,7H,4,6,13H2,1H3,(H,14,18)(H,16,17). The Labute approximate surface area is 114 Å². The van der Waals surface area contributed by atoms with Crippen molar-refractivity contribution in [2.24, 2.45) is 5.92 Å². The van der Waals surface area contributed by atoms with Gasteiger partial charge in [-0.3, -0.25) is 19.7 Å². The third kappa shape index (κ3) is 4.23. The Balaban J connectivity index is 2.71. The molecule has 1 amide bonds. The second-order valence-corrected chi connectivity index (χ2v) is 4.44. The molecule has 0 saturated carbocycles. The Hall–Kier alpha value is -2.64. The van der Waals surface area contributed by atoms with Crippen molar-refractivity contribution >= 4 is 23.3 Å². The van der Waals surface area contributed by atoms with Gasteiger partial charge in [-0.2, -0.15) is 0 Å². The zero-order valence-corrected chi connectivity index (χ0v) is 10.8. The third-order valence-corrected chi connectivity index (χ3v) is 2.62. The number of carboxylic acid groups (broad SMARTS) is 1. The first kappa shape index (κ1) is 15.4. The highest BCUT2D eigenvalue weighted by Gasteiger charge is 2.16. The van der Waals surface area contributed by atoms with Crippen LogP contribution in [-0.4, -0.2) is 28.5 Å². The van der Waals surface area contributed by atoms with E-state index in [0.29, 0.717) is 0 Å². The minimum Gasteiger partial charge on any atom is -0.481 e. The molecule has 0 spiro atoms. The quantitative estimate of drug-likeness (QED) is 0.404. The number of nitrogen functional groups attached to an aromatic ring is 1. The van der Waals surface area contributed by atoms with Gasteiger partial charge in [0.05, 0.1) is 4.92 Å². The molecule has 0 bridgehead atoms. The Morgan fingerprint density at radius 2 is 2.15 bits per heavy atom. The van der Waals surface area contributed by atoms with Gasteiger partial charge in [0.2, 0.25) is 0 Å². The number of carbonyl (C=O) groups is 2. The van der Waals surface area contributed by atoms with Crippen LogP contribution >= 0.6 is 0 Å². The highest BCUT2D eigenvalue weighted by molar-refractivity contribution is 5.95. The number of nitrogens with one attached hydrogen (secondary N) is 1. The molecule has 0 fully saturated rings. The molecule has 20 heavy (non-hydrogen) atoms. The number of amides is 1. The van der Waals surface area contributed by atoms with Gasteiger partial charge in [0, 0.05) is 24.6 Å². The Kier molecular flexibility index (Phi) is 5.01. The number of hydrogen-bond acceptors (Lipinski definition) is 5. The van der Waals surface area contributed by atoms with Gasteiger partial charge in [-0.15, -0.1) is 0 Å². The summed E-state index contributed by atoms with van der Waals surface area (Å²) in [7, 11) is 0. The number of anilines is 1. The minimum absolute atomic E-state index is 0.0224. The van der Waals surface area contributed by atoms with E-state index in [9.17, 15) is 19.7 Å². The van der Waals surface area contributed by atoms with E-state index in [1.165, 1.54) is 12.1 Å². The zero-order chi connectivity index (χ0) is 15.3. The number of carboxylic acids is 1. The molecule has 0 saturated heterocycles. The monoisotopic (exact) mass is 281 g/mol. The Morgan fingerprint density at radius 3 is 2.70 bits per heavy atom. The van der Waals surface area contributed by atoms with E-state index in [4.69, 9.17) is 10.8 Å². The molecule has 4 N–H and O–H groups in total. The molecule has 8 nitrogen and oxygen atoms in total. The van der Waals surface area contributed by atoms with Gasteiger partial charge >= 0.3 is 5.97 Å². The molecule has 0 heterocycles. The van der Waals surface area contributed by atoms with Crippen molar-refractivity contribution in [3.63, 3.8) is 0 Å². The van der Waals surface area contributed by atoms with E-state index in [0.717, 1.165) is 6.07 Å². The summed E-state index contributed by atoms with van der Waals surface area (Å²) in [6.07, 6.45) is -0.0673. The molecule has 1 aromatic carbocycles. The van der Waals surface area contributed by atoms with Gasteiger partial charge in [0.1, 0.15) is 5.69 Å². The van der Waals surface area contributed by atoms with Crippen LogP contribution in [0.3, 0.4) is 0 Å². The number of nitrogens with zero attached hydrogens (tertiary/aromatic N) is 1. The molecule has 1 aromatic rings. The van der Waals surface area contributed by atoms with Gasteiger partial charge in [-0.1, -0.05) is 6.92 Å². The largest absolute Gasteiger partial charge is 0.481 e. The maximum absolute atomic E-state index is 11.8. The first-order valence-corrected chi connectivity index (χ1v) is 5.85. The molecule has 0 radical (unpaired) electrons. The summed E-state index contributed by atoms with van der Waals surface area (Å²) in [4.78, 5) is 32.3. The molecule has 8 heteroatoms. The fourth-order valence-electron chi connectivity index (χ4n) is 1.58. The van der Waals surface area contributed by atoms with Crippen LogP contribution in [0.15, 0.2) is 18.2 Å². The van der Waals surface area contributed by atoms with Crippen molar-refractivity contribution in [1.29, 1.82) is 0 Å². The van der Waals surface area contributed by atoms with Crippen LogP contribution in [0.2, 0.25) is 0 Å². The Bertz CT molecular complexity index is 544. The SMILES string of the molecule is CC(CNC(=O)c1ccc(N)c([N+](=O)[O-])c1)CC(=O)O. The van der Waals surface area contributed by atoms with Crippen LogP contribution in [0.1, 0.15) is 23.7 Å². The van der Waals surface area contributed by atoms with Crippen LogP contribution in [0.5, 0.6) is 0 Å². The summed E-state index contributed by atoms with van der Waals surface area (Å²) in [5, 5.41) is 21.8.